The molecule has 1 rings (SSSR count). The van der Waals surface area contributed by atoms with Crippen molar-refractivity contribution in [1.29, 1.82) is 0 Å². The maximum atomic E-state index is 10.9. The molecule has 7 heteroatoms. The highest BCUT2D eigenvalue weighted by atomic mass is 16.5. The van der Waals surface area contributed by atoms with Gasteiger partial charge in [0.05, 0.1) is 7.11 Å². The van der Waals surface area contributed by atoms with Crippen LogP contribution in [0.15, 0.2) is 18.2 Å². The van der Waals surface area contributed by atoms with Crippen LogP contribution < -0.4 is 4.74 Å². The molecule has 0 aliphatic carbocycles. The second-order valence-corrected chi connectivity index (χ2v) is 3.49. The Kier molecular flexibility index (Phi) is 4.24. The van der Waals surface area contributed by atoms with Gasteiger partial charge < -0.3 is 25.2 Å². The highest BCUT2D eigenvalue weighted by molar-refractivity contribution is 5.91. The van der Waals surface area contributed by atoms with Crippen molar-refractivity contribution in [2.75, 3.05) is 7.11 Å². The molecule has 4 N–H and O–H groups in total. The van der Waals surface area contributed by atoms with E-state index in [9.17, 15) is 19.8 Å². The second kappa shape index (κ2) is 5.48. The third-order valence-electron chi connectivity index (χ3n) is 2.35. The summed E-state index contributed by atoms with van der Waals surface area (Å²) in [5.74, 6) is -2.82. The van der Waals surface area contributed by atoms with Crippen molar-refractivity contribution in [1.82, 2.24) is 0 Å². The molecule has 0 saturated heterocycles. The quantitative estimate of drug-likeness (QED) is 0.578. The lowest BCUT2D eigenvalue weighted by Crippen LogP contribution is -2.27. The Morgan fingerprint density at radius 2 is 1.83 bits per heavy atom. The van der Waals surface area contributed by atoms with Gasteiger partial charge in [-0.2, -0.15) is 0 Å². The van der Waals surface area contributed by atoms with Gasteiger partial charge in [-0.3, -0.25) is 0 Å². The molecule has 1 aromatic rings. The van der Waals surface area contributed by atoms with E-state index in [1.54, 1.807) is 0 Å². The SMILES string of the molecule is COc1ccc(C(O)C(O)C(=O)O)cc1C(=O)O. The summed E-state index contributed by atoms with van der Waals surface area (Å²) >= 11 is 0. The molecule has 98 valence electrons. The summed E-state index contributed by atoms with van der Waals surface area (Å²) in [6.45, 7) is 0. The van der Waals surface area contributed by atoms with Crippen LogP contribution >= 0.6 is 0 Å². The number of rotatable bonds is 5. The Bertz CT molecular complexity index is 468. The molecule has 2 atom stereocenters. The molecule has 0 bridgehead atoms. The molecule has 2 unspecified atom stereocenters. The summed E-state index contributed by atoms with van der Waals surface area (Å²) in [5, 5.41) is 36.2. The largest absolute Gasteiger partial charge is 0.496 e. The van der Waals surface area contributed by atoms with E-state index in [-0.39, 0.29) is 16.9 Å². The fourth-order valence-corrected chi connectivity index (χ4v) is 1.39. The first-order valence-electron chi connectivity index (χ1n) is 4.88. The molecular formula is C11H12O7. The maximum Gasteiger partial charge on any atom is 0.339 e. The van der Waals surface area contributed by atoms with E-state index in [2.05, 4.69) is 0 Å². The van der Waals surface area contributed by atoms with Crippen molar-refractivity contribution in [3.63, 3.8) is 0 Å². The van der Waals surface area contributed by atoms with Crippen LogP contribution in [0.4, 0.5) is 0 Å². The highest BCUT2D eigenvalue weighted by Gasteiger charge is 2.26. The van der Waals surface area contributed by atoms with Crippen LogP contribution in [0.1, 0.15) is 22.0 Å². The lowest BCUT2D eigenvalue weighted by molar-refractivity contribution is -0.153. The van der Waals surface area contributed by atoms with E-state index in [1.165, 1.54) is 19.2 Å². The van der Waals surface area contributed by atoms with Gasteiger partial charge in [0.25, 0.3) is 0 Å². The van der Waals surface area contributed by atoms with E-state index >= 15 is 0 Å². The number of hydrogen-bond donors (Lipinski definition) is 4. The Hall–Kier alpha value is -2.12. The van der Waals surface area contributed by atoms with Crippen LogP contribution in [0.25, 0.3) is 0 Å². The Balaban J connectivity index is 3.15. The lowest BCUT2D eigenvalue weighted by atomic mass is 10.0. The Morgan fingerprint density at radius 1 is 1.22 bits per heavy atom. The number of carbonyl (C=O) groups is 2. The number of methoxy groups -OCH3 is 1. The zero-order valence-electron chi connectivity index (χ0n) is 9.40. The second-order valence-electron chi connectivity index (χ2n) is 3.49. The van der Waals surface area contributed by atoms with Gasteiger partial charge in [-0.05, 0) is 17.7 Å². The van der Waals surface area contributed by atoms with Crippen molar-refractivity contribution in [3.8, 4) is 5.75 Å². The number of benzene rings is 1. The summed E-state index contributed by atoms with van der Waals surface area (Å²) in [6.07, 6.45) is -3.74. The molecule has 0 spiro atoms. The molecule has 0 heterocycles. The Morgan fingerprint density at radius 3 is 2.28 bits per heavy atom. The maximum absolute atomic E-state index is 10.9. The number of carboxylic acids is 2. The molecule has 0 aromatic heterocycles. The number of aliphatic hydroxyl groups excluding tert-OH is 2. The van der Waals surface area contributed by atoms with Gasteiger partial charge in [-0.1, -0.05) is 6.07 Å². The van der Waals surface area contributed by atoms with Crippen molar-refractivity contribution >= 4 is 11.9 Å². The molecule has 0 saturated carbocycles. The van der Waals surface area contributed by atoms with E-state index in [0.717, 1.165) is 6.07 Å². The van der Waals surface area contributed by atoms with Gasteiger partial charge in [0.15, 0.2) is 6.10 Å². The van der Waals surface area contributed by atoms with Crippen molar-refractivity contribution < 1.29 is 34.8 Å². The molecule has 0 amide bonds. The summed E-state index contributed by atoms with van der Waals surface area (Å²) in [5.41, 5.74) is -0.255. The summed E-state index contributed by atoms with van der Waals surface area (Å²) < 4.78 is 4.81. The van der Waals surface area contributed by atoms with Gasteiger partial charge in [-0.25, -0.2) is 9.59 Å². The van der Waals surface area contributed by atoms with Crippen molar-refractivity contribution in [3.05, 3.63) is 29.3 Å². The highest BCUT2D eigenvalue weighted by Crippen LogP contribution is 2.25. The average molecular weight is 256 g/mol. The molecule has 0 radical (unpaired) electrons. The van der Waals surface area contributed by atoms with E-state index in [1.807, 2.05) is 0 Å². The zero-order chi connectivity index (χ0) is 13.9. The standard InChI is InChI=1S/C11H12O7/c1-18-7-3-2-5(4-6(7)10(14)15)8(12)9(13)11(16)17/h2-4,8-9,12-13H,1H3,(H,14,15)(H,16,17). The van der Waals surface area contributed by atoms with Crippen molar-refractivity contribution in [2.45, 2.75) is 12.2 Å². The smallest absolute Gasteiger partial charge is 0.339 e. The van der Waals surface area contributed by atoms with Crippen LogP contribution in [0, 0.1) is 0 Å². The predicted molar refractivity (Wildman–Crippen MR) is 58.6 cm³/mol. The normalized spacial score (nSPS) is 13.7. The summed E-state index contributed by atoms with van der Waals surface area (Å²) in [7, 11) is 1.28. The topological polar surface area (TPSA) is 124 Å². The first-order valence-corrected chi connectivity index (χ1v) is 4.88. The molecule has 7 nitrogen and oxygen atoms in total. The van der Waals surface area contributed by atoms with E-state index < -0.39 is 24.1 Å². The number of carboxylic acid groups (broad SMARTS) is 2. The minimum absolute atomic E-state index is 0.0249. The van der Waals surface area contributed by atoms with Gasteiger partial charge in [-0.15, -0.1) is 0 Å². The van der Waals surface area contributed by atoms with Gasteiger partial charge in [0.1, 0.15) is 17.4 Å². The predicted octanol–water partition coefficient (Wildman–Crippen LogP) is -0.128. The first kappa shape index (κ1) is 13.9. The van der Waals surface area contributed by atoms with Crippen LogP contribution in [0.3, 0.4) is 0 Å². The number of aliphatic hydroxyl groups is 2. The lowest BCUT2D eigenvalue weighted by Gasteiger charge is -2.15. The number of hydrogen-bond acceptors (Lipinski definition) is 5. The minimum atomic E-state index is -2.03. The number of aliphatic carboxylic acids is 1. The van der Waals surface area contributed by atoms with Gasteiger partial charge in [0.2, 0.25) is 0 Å². The monoisotopic (exact) mass is 256 g/mol. The molecule has 0 fully saturated rings. The third-order valence-corrected chi connectivity index (χ3v) is 2.35. The van der Waals surface area contributed by atoms with Gasteiger partial charge in [0, 0.05) is 0 Å². The number of aromatic carboxylic acids is 1. The third kappa shape index (κ3) is 2.76. The fraction of sp³-hybridized carbons (Fsp3) is 0.273. The number of ether oxygens (including phenoxy) is 1. The van der Waals surface area contributed by atoms with Crippen LogP contribution in [-0.2, 0) is 4.79 Å². The van der Waals surface area contributed by atoms with Crippen LogP contribution in [-0.4, -0.2) is 45.6 Å². The van der Waals surface area contributed by atoms with Crippen LogP contribution in [0.5, 0.6) is 5.75 Å². The molecule has 18 heavy (non-hydrogen) atoms. The van der Waals surface area contributed by atoms with Crippen LogP contribution in [0.2, 0.25) is 0 Å². The molecule has 0 aliphatic heterocycles. The van der Waals surface area contributed by atoms with E-state index in [4.69, 9.17) is 14.9 Å². The van der Waals surface area contributed by atoms with Gasteiger partial charge >= 0.3 is 11.9 Å². The first-order chi connectivity index (χ1) is 8.38. The summed E-state index contributed by atoms with van der Waals surface area (Å²) in [6, 6.07) is 3.61. The molecular weight excluding hydrogens is 244 g/mol. The van der Waals surface area contributed by atoms with Crippen molar-refractivity contribution in [2.24, 2.45) is 0 Å². The Labute approximate surface area is 102 Å². The average Bonchev–Trinajstić information content (AvgIpc) is 2.35. The summed E-state index contributed by atoms with van der Waals surface area (Å²) in [4.78, 5) is 21.4. The molecule has 1 aromatic carbocycles. The molecule has 0 aliphatic rings. The van der Waals surface area contributed by atoms with E-state index in [0.29, 0.717) is 0 Å². The zero-order valence-corrected chi connectivity index (χ0v) is 9.40. The minimum Gasteiger partial charge on any atom is -0.496 e. The fourth-order valence-electron chi connectivity index (χ4n) is 1.39.